The van der Waals surface area contributed by atoms with Gasteiger partial charge in [-0.3, -0.25) is 0 Å². The summed E-state index contributed by atoms with van der Waals surface area (Å²) in [5, 5.41) is 5.07. The number of hydrogen-bond acceptors (Lipinski definition) is 0. The fourth-order valence-electron chi connectivity index (χ4n) is 7.92. The van der Waals surface area contributed by atoms with Crippen LogP contribution in [0, 0.1) is 0 Å². The summed E-state index contributed by atoms with van der Waals surface area (Å²) in [6.45, 7) is 0. The molecule has 0 aliphatic carbocycles. The van der Waals surface area contributed by atoms with Gasteiger partial charge in [0.15, 0.2) is 0 Å². The highest BCUT2D eigenvalue weighted by Gasteiger charge is 2.17. The van der Waals surface area contributed by atoms with Gasteiger partial charge in [0.05, 0.1) is 33.4 Å². The topological polar surface area (TPSA) is 9.86 Å². The second-order valence-electron chi connectivity index (χ2n) is 12.9. The molecule has 50 heavy (non-hydrogen) atoms. The monoisotopic (exact) mass is 636 g/mol. The van der Waals surface area contributed by atoms with Crippen molar-refractivity contribution < 1.29 is 0 Å². The Morgan fingerprint density at radius 1 is 0.240 bits per heavy atom. The Hall–Kier alpha value is -6.64. The summed E-state index contributed by atoms with van der Waals surface area (Å²) >= 11 is 0. The quantitative estimate of drug-likeness (QED) is 0.178. The minimum atomic E-state index is 1.18. The van der Waals surface area contributed by atoms with Gasteiger partial charge in [0.1, 0.15) is 0 Å². The normalized spacial score (nSPS) is 11.6. The van der Waals surface area contributed by atoms with Gasteiger partial charge in [0.25, 0.3) is 0 Å². The second kappa shape index (κ2) is 11.5. The Morgan fingerprint density at radius 2 is 0.540 bits per heavy atom. The van der Waals surface area contributed by atoms with Gasteiger partial charge in [0, 0.05) is 32.7 Å². The standard InChI is InChI=1S/C48H32N2/c1-7-25-43(49-45-27-9-3-21-39(45)40-22-4-10-28-46(40)49)37(19-1)35-17-13-15-33(31-35)34-16-14-18-36(32-34)38-20-2-8-26-44(38)50-47-29-11-5-23-41(47)42-24-6-12-30-48(42)50/h1-32H. The molecule has 0 spiro atoms. The number of hydrogen-bond donors (Lipinski definition) is 0. The molecule has 0 aliphatic heterocycles. The van der Waals surface area contributed by atoms with Gasteiger partial charge in [-0.15, -0.1) is 0 Å². The van der Waals surface area contributed by atoms with Crippen LogP contribution in [0.3, 0.4) is 0 Å². The lowest BCUT2D eigenvalue weighted by molar-refractivity contribution is 1.18. The van der Waals surface area contributed by atoms with E-state index in [1.165, 1.54) is 88.4 Å². The number of rotatable bonds is 5. The first-order chi connectivity index (χ1) is 24.8. The molecule has 0 saturated carbocycles. The molecule has 0 radical (unpaired) electrons. The predicted molar refractivity (Wildman–Crippen MR) is 211 cm³/mol. The summed E-state index contributed by atoms with van der Waals surface area (Å²) in [6.07, 6.45) is 0. The maximum atomic E-state index is 2.42. The second-order valence-corrected chi connectivity index (χ2v) is 12.9. The Balaban J connectivity index is 1.10. The zero-order chi connectivity index (χ0) is 33.0. The third kappa shape index (κ3) is 4.43. The smallest absolute Gasteiger partial charge is 0.0541 e. The van der Waals surface area contributed by atoms with Gasteiger partial charge in [-0.2, -0.15) is 0 Å². The number of para-hydroxylation sites is 6. The highest BCUT2D eigenvalue weighted by molar-refractivity contribution is 6.11. The fourth-order valence-corrected chi connectivity index (χ4v) is 7.92. The van der Waals surface area contributed by atoms with E-state index in [0.717, 1.165) is 0 Å². The van der Waals surface area contributed by atoms with E-state index >= 15 is 0 Å². The molecule has 8 aromatic carbocycles. The highest BCUT2D eigenvalue weighted by Crippen LogP contribution is 2.39. The lowest BCUT2D eigenvalue weighted by atomic mass is 9.95. The zero-order valence-electron chi connectivity index (χ0n) is 27.4. The minimum absolute atomic E-state index is 1.18. The van der Waals surface area contributed by atoms with Gasteiger partial charge in [0.2, 0.25) is 0 Å². The lowest BCUT2D eigenvalue weighted by Gasteiger charge is -2.16. The Bertz CT molecular complexity index is 2580. The first-order valence-corrected chi connectivity index (χ1v) is 17.2. The summed E-state index contributed by atoms with van der Waals surface area (Å²) < 4.78 is 4.83. The van der Waals surface area contributed by atoms with Gasteiger partial charge in [-0.25, -0.2) is 0 Å². The van der Waals surface area contributed by atoms with E-state index in [1.807, 2.05) is 0 Å². The lowest BCUT2D eigenvalue weighted by Crippen LogP contribution is -1.97. The third-order valence-corrected chi connectivity index (χ3v) is 10.1. The van der Waals surface area contributed by atoms with Crippen LogP contribution in [0.25, 0.3) is 88.4 Å². The van der Waals surface area contributed by atoms with Crippen molar-refractivity contribution in [2.24, 2.45) is 0 Å². The summed E-state index contributed by atoms with van der Waals surface area (Å²) in [6, 6.07) is 70.4. The van der Waals surface area contributed by atoms with Crippen LogP contribution in [0.5, 0.6) is 0 Å². The van der Waals surface area contributed by atoms with E-state index in [1.54, 1.807) is 0 Å². The van der Waals surface area contributed by atoms with Crippen molar-refractivity contribution in [1.82, 2.24) is 9.13 Å². The molecule has 10 aromatic rings. The largest absolute Gasteiger partial charge is 0.309 e. The summed E-state index contributed by atoms with van der Waals surface area (Å²) in [4.78, 5) is 0. The molecule has 0 amide bonds. The first-order valence-electron chi connectivity index (χ1n) is 17.2. The SMILES string of the molecule is c1cc(-c2cccc(-c3ccccc3-n3c4ccccc4c4ccccc43)c2)cc(-c2ccccc2-n2c3ccccc3c3ccccc32)c1. The van der Waals surface area contributed by atoms with Crippen molar-refractivity contribution in [3.05, 3.63) is 194 Å². The molecule has 0 atom stereocenters. The van der Waals surface area contributed by atoms with Gasteiger partial charge < -0.3 is 9.13 Å². The molecule has 10 rings (SSSR count). The maximum Gasteiger partial charge on any atom is 0.0541 e. The van der Waals surface area contributed by atoms with Crippen LogP contribution < -0.4 is 0 Å². The fraction of sp³-hybridized carbons (Fsp3) is 0. The highest BCUT2D eigenvalue weighted by atomic mass is 15.0. The number of aromatic nitrogens is 2. The van der Waals surface area contributed by atoms with Crippen LogP contribution in [0.4, 0.5) is 0 Å². The number of nitrogens with zero attached hydrogens (tertiary/aromatic N) is 2. The summed E-state index contributed by atoms with van der Waals surface area (Å²) in [5.74, 6) is 0. The average Bonchev–Trinajstić information content (AvgIpc) is 3.71. The molecular formula is C48H32N2. The Labute approximate surface area is 290 Å². The molecule has 0 saturated heterocycles. The van der Waals surface area contributed by atoms with E-state index < -0.39 is 0 Å². The van der Waals surface area contributed by atoms with Crippen molar-refractivity contribution in [3.63, 3.8) is 0 Å². The molecule has 2 nitrogen and oxygen atoms in total. The first kappa shape index (κ1) is 28.4. The van der Waals surface area contributed by atoms with E-state index in [9.17, 15) is 0 Å². The summed E-state index contributed by atoms with van der Waals surface area (Å²) in [5.41, 5.74) is 14.4. The van der Waals surface area contributed by atoms with Crippen molar-refractivity contribution in [3.8, 4) is 44.8 Å². The molecule has 2 heteroatoms. The molecular weight excluding hydrogens is 605 g/mol. The predicted octanol–water partition coefficient (Wildman–Crippen LogP) is 12.9. The average molecular weight is 637 g/mol. The van der Waals surface area contributed by atoms with Gasteiger partial charge in [-0.1, -0.05) is 146 Å². The van der Waals surface area contributed by atoms with Crippen molar-refractivity contribution in [1.29, 1.82) is 0 Å². The van der Waals surface area contributed by atoms with E-state index in [0.29, 0.717) is 0 Å². The molecule has 0 unspecified atom stereocenters. The van der Waals surface area contributed by atoms with Crippen LogP contribution in [0.2, 0.25) is 0 Å². The zero-order valence-corrected chi connectivity index (χ0v) is 27.4. The number of fused-ring (bicyclic) bond motifs is 6. The van der Waals surface area contributed by atoms with Gasteiger partial charge in [-0.05, 0) is 70.8 Å². The van der Waals surface area contributed by atoms with Gasteiger partial charge >= 0.3 is 0 Å². The van der Waals surface area contributed by atoms with Crippen molar-refractivity contribution in [2.75, 3.05) is 0 Å². The third-order valence-electron chi connectivity index (χ3n) is 10.1. The minimum Gasteiger partial charge on any atom is -0.309 e. The van der Waals surface area contributed by atoms with Crippen LogP contribution in [-0.2, 0) is 0 Å². The van der Waals surface area contributed by atoms with E-state index in [4.69, 9.17) is 0 Å². The molecule has 2 aromatic heterocycles. The van der Waals surface area contributed by atoms with Crippen LogP contribution >= 0.6 is 0 Å². The van der Waals surface area contributed by atoms with Crippen LogP contribution in [-0.4, -0.2) is 9.13 Å². The Morgan fingerprint density at radius 3 is 0.920 bits per heavy atom. The van der Waals surface area contributed by atoms with Crippen LogP contribution in [0.15, 0.2) is 194 Å². The van der Waals surface area contributed by atoms with E-state index in [2.05, 4.69) is 203 Å². The van der Waals surface area contributed by atoms with Crippen LogP contribution in [0.1, 0.15) is 0 Å². The summed E-state index contributed by atoms with van der Waals surface area (Å²) in [7, 11) is 0. The Kier molecular flexibility index (Phi) is 6.53. The molecule has 234 valence electrons. The maximum absolute atomic E-state index is 2.42. The van der Waals surface area contributed by atoms with Crippen molar-refractivity contribution >= 4 is 43.6 Å². The number of benzene rings is 8. The molecule has 0 fully saturated rings. The molecule has 0 bridgehead atoms. The molecule has 0 N–H and O–H groups in total. The molecule has 0 aliphatic rings. The molecule has 2 heterocycles. The van der Waals surface area contributed by atoms with Crippen molar-refractivity contribution in [2.45, 2.75) is 0 Å². The van der Waals surface area contributed by atoms with E-state index in [-0.39, 0.29) is 0 Å².